The molecule has 0 aliphatic carbocycles. The van der Waals surface area contributed by atoms with Gasteiger partial charge in [-0.3, -0.25) is 4.79 Å². The molecule has 0 unspecified atom stereocenters. The summed E-state index contributed by atoms with van der Waals surface area (Å²) in [7, 11) is -2.32. The van der Waals surface area contributed by atoms with Crippen LogP contribution in [0.1, 0.15) is 12.5 Å². The first-order valence-electron chi connectivity index (χ1n) is 7.43. The maximum atomic E-state index is 12.4. The van der Waals surface area contributed by atoms with Crippen molar-refractivity contribution < 1.29 is 13.2 Å². The molecule has 5 nitrogen and oxygen atoms in total. The van der Waals surface area contributed by atoms with E-state index in [1.54, 1.807) is 24.3 Å². The first kappa shape index (κ1) is 18.6. The first-order valence-corrected chi connectivity index (χ1v) is 9.67. The van der Waals surface area contributed by atoms with Crippen molar-refractivity contribution in [2.75, 3.05) is 18.9 Å². The second-order valence-corrected chi connectivity index (χ2v) is 8.27. The van der Waals surface area contributed by atoms with Crippen molar-refractivity contribution >= 4 is 37.5 Å². The van der Waals surface area contributed by atoms with Crippen LogP contribution < -0.4 is 5.32 Å². The molecule has 1 N–H and O–H groups in total. The summed E-state index contributed by atoms with van der Waals surface area (Å²) in [4.78, 5) is 12.2. The van der Waals surface area contributed by atoms with Crippen LogP contribution in [0.5, 0.6) is 0 Å². The van der Waals surface area contributed by atoms with Crippen molar-refractivity contribution in [3.05, 3.63) is 58.6 Å². The third kappa shape index (κ3) is 4.66. The number of aryl methyl sites for hydroxylation is 1. The molecule has 2 aromatic carbocycles. The molecule has 0 aliphatic rings. The number of amides is 1. The lowest BCUT2D eigenvalue weighted by molar-refractivity contribution is -0.116. The highest BCUT2D eigenvalue weighted by Crippen LogP contribution is 2.18. The molecule has 0 fully saturated rings. The van der Waals surface area contributed by atoms with E-state index in [1.165, 1.54) is 24.7 Å². The smallest absolute Gasteiger partial charge is 0.243 e. The van der Waals surface area contributed by atoms with E-state index in [2.05, 4.69) is 28.2 Å². The molecule has 2 rings (SSSR count). The Bertz CT molecular complexity index is 803. The number of rotatable bonds is 6. The zero-order chi connectivity index (χ0) is 17.7. The van der Waals surface area contributed by atoms with Crippen LogP contribution in [-0.4, -0.2) is 32.2 Å². The summed E-state index contributed by atoms with van der Waals surface area (Å²) in [5.74, 6) is -0.387. The van der Waals surface area contributed by atoms with Gasteiger partial charge in [-0.2, -0.15) is 4.31 Å². The molecule has 0 bridgehead atoms. The Morgan fingerprint density at radius 3 is 2.21 bits per heavy atom. The minimum atomic E-state index is -3.70. The maximum absolute atomic E-state index is 12.4. The fourth-order valence-electron chi connectivity index (χ4n) is 2.10. The topological polar surface area (TPSA) is 66.5 Å². The van der Waals surface area contributed by atoms with Crippen LogP contribution in [0.3, 0.4) is 0 Å². The summed E-state index contributed by atoms with van der Waals surface area (Å²) in [6.07, 6.45) is 0.919. The van der Waals surface area contributed by atoms with Crippen LogP contribution in [0, 0.1) is 0 Å². The number of carbonyl (C=O) groups excluding carboxylic acids is 1. The molecule has 128 valence electrons. The molecule has 0 radical (unpaired) electrons. The van der Waals surface area contributed by atoms with Crippen molar-refractivity contribution in [2.45, 2.75) is 18.2 Å². The molecule has 0 saturated carbocycles. The molecule has 1 amide bonds. The van der Waals surface area contributed by atoms with Gasteiger partial charge in [0.15, 0.2) is 0 Å². The number of carbonyl (C=O) groups is 1. The number of nitrogens with one attached hydrogen (secondary N) is 1. The minimum absolute atomic E-state index is 0.147. The minimum Gasteiger partial charge on any atom is -0.325 e. The SMILES string of the molecule is CCc1ccc(NC(=O)CN(C)S(=O)(=O)c2ccc(Br)cc2)cc1. The van der Waals surface area contributed by atoms with Crippen LogP contribution in [0.25, 0.3) is 0 Å². The van der Waals surface area contributed by atoms with Crippen molar-refractivity contribution in [1.29, 1.82) is 0 Å². The Kier molecular flexibility index (Phi) is 6.15. The molecule has 0 spiro atoms. The van der Waals surface area contributed by atoms with Gasteiger partial charge in [-0.15, -0.1) is 0 Å². The van der Waals surface area contributed by atoms with Gasteiger partial charge in [-0.25, -0.2) is 8.42 Å². The maximum Gasteiger partial charge on any atom is 0.243 e. The first-order chi connectivity index (χ1) is 11.3. The van der Waals surface area contributed by atoms with Gasteiger partial charge in [0.1, 0.15) is 0 Å². The van der Waals surface area contributed by atoms with E-state index in [9.17, 15) is 13.2 Å². The second kappa shape index (κ2) is 7.92. The molecule has 0 aromatic heterocycles. The van der Waals surface area contributed by atoms with Crippen LogP contribution in [0.2, 0.25) is 0 Å². The second-order valence-electron chi connectivity index (χ2n) is 5.31. The van der Waals surface area contributed by atoms with Gasteiger partial charge in [0.05, 0.1) is 11.4 Å². The Balaban J connectivity index is 2.03. The van der Waals surface area contributed by atoms with E-state index in [-0.39, 0.29) is 17.3 Å². The quantitative estimate of drug-likeness (QED) is 0.794. The van der Waals surface area contributed by atoms with Gasteiger partial charge in [-0.05, 0) is 48.4 Å². The number of hydrogen-bond acceptors (Lipinski definition) is 3. The molecule has 0 aliphatic heterocycles. The van der Waals surface area contributed by atoms with E-state index in [0.717, 1.165) is 15.2 Å². The highest BCUT2D eigenvalue weighted by atomic mass is 79.9. The molecule has 0 atom stereocenters. The standard InChI is InChI=1S/C17H19BrN2O3S/c1-3-13-4-8-15(9-5-13)19-17(21)12-20(2)24(22,23)16-10-6-14(18)7-11-16/h4-11H,3,12H2,1-2H3,(H,19,21). The highest BCUT2D eigenvalue weighted by Gasteiger charge is 2.22. The summed E-state index contributed by atoms with van der Waals surface area (Å²) in [5.41, 5.74) is 1.81. The van der Waals surface area contributed by atoms with Crippen molar-refractivity contribution in [3.63, 3.8) is 0 Å². The number of hydrogen-bond donors (Lipinski definition) is 1. The third-order valence-corrected chi connectivity index (χ3v) is 5.88. The third-order valence-electron chi connectivity index (χ3n) is 3.53. The molecular weight excluding hydrogens is 392 g/mol. The predicted molar refractivity (Wildman–Crippen MR) is 98.4 cm³/mol. The monoisotopic (exact) mass is 410 g/mol. The highest BCUT2D eigenvalue weighted by molar-refractivity contribution is 9.10. The average Bonchev–Trinajstić information content (AvgIpc) is 2.55. The Morgan fingerprint density at radius 1 is 1.08 bits per heavy atom. The van der Waals surface area contributed by atoms with Crippen molar-refractivity contribution in [2.24, 2.45) is 0 Å². The van der Waals surface area contributed by atoms with Gasteiger partial charge in [0.2, 0.25) is 15.9 Å². The predicted octanol–water partition coefficient (Wildman–Crippen LogP) is 3.27. The van der Waals surface area contributed by atoms with E-state index < -0.39 is 10.0 Å². The molecule has 2 aromatic rings. The summed E-state index contributed by atoms with van der Waals surface area (Å²) in [6, 6.07) is 13.8. The summed E-state index contributed by atoms with van der Waals surface area (Å²) >= 11 is 3.26. The van der Waals surface area contributed by atoms with Gasteiger partial charge in [0.25, 0.3) is 0 Å². The molecular formula is C17H19BrN2O3S. The molecule has 24 heavy (non-hydrogen) atoms. The Hall–Kier alpha value is -1.70. The number of benzene rings is 2. The van der Waals surface area contributed by atoms with Gasteiger partial charge in [-0.1, -0.05) is 35.0 Å². The zero-order valence-electron chi connectivity index (χ0n) is 13.5. The van der Waals surface area contributed by atoms with E-state index >= 15 is 0 Å². The van der Waals surface area contributed by atoms with Crippen LogP contribution in [-0.2, 0) is 21.2 Å². The number of nitrogens with zero attached hydrogens (tertiary/aromatic N) is 1. The molecule has 0 saturated heterocycles. The Morgan fingerprint density at radius 2 is 1.67 bits per heavy atom. The zero-order valence-corrected chi connectivity index (χ0v) is 15.9. The van der Waals surface area contributed by atoms with Gasteiger partial charge >= 0.3 is 0 Å². The normalized spacial score (nSPS) is 11.5. The van der Waals surface area contributed by atoms with Crippen LogP contribution >= 0.6 is 15.9 Å². The van der Waals surface area contributed by atoms with E-state index in [0.29, 0.717) is 5.69 Å². The van der Waals surface area contributed by atoms with Gasteiger partial charge in [0, 0.05) is 17.2 Å². The average molecular weight is 411 g/mol. The lowest BCUT2D eigenvalue weighted by Gasteiger charge is -2.17. The summed E-state index contributed by atoms with van der Waals surface area (Å²) in [6.45, 7) is 1.80. The Labute approximate surface area is 150 Å². The lowest BCUT2D eigenvalue weighted by atomic mass is 10.1. The van der Waals surface area contributed by atoms with Crippen LogP contribution in [0.15, 0.2) is 57.9 Å². The van der Waals surface area contributed by atoms with Crippen molar-refractivity contribution in [3.8, 4) is 0 Å². The van der Waals surface area contributed by atoms with Gasteiger partial charge < -0.3 is 5.32 Å². The van der Waals surface area contributed by atoms with Crippen molar-refractivity contribution in [1.82, 2.24) is 4.31 Å². The van der Waals surface area contributed by atoms with E-state index in [4.69, 9.17) is 0 Å². The fraction of sp³-hybridized carbons (Fsp3) is 0.235. The molecule has 0 heterocycles. The number of halogens is 1. The largest absolute Gasteiger partial charge is 0.325 e. The lowest BCUT2D eigenvalue weighted by Crippen LogP contribution is -2.34. The summed E-state index contributed by atoms with van der Waals surface area (Å²) in [5, 5.41) is 2.70. The number of sulfonamides is 1. The number of likely N-dealkylation sites (N-methyl/N-ethyl adjacent to an activating group) is 1. The molecule has 7 heteroatoms. The van der Waals surface area contributed by atoms with Crippen LogP contribution in [0.4, 0.5) is 5.69 Å². The van der Waals surface area contributed by atoms with E-state index in [1.807, 2.05) is 12.1 Å². The summed E-state index contributed by atoms with van der Waals surface area (Å²) < 4.78 is 26.7. The fourth-order valence-corrected chi connectivity index (χ4v) is 3.49. The number of anilines is 1.